The van der Waals surface area contributed by atoms with E-state index in [4.69, 9.17) is 4.74 Å². The Balaban J connectivity index is 0. The molecule has 0 aromatic heterocycles. The Morgan fingerprint density at radius 1 is 0.781 bits per heavy atom. The minimum Gasteiger partial charge on any atom is -0.272 e. The van der Waals surface area contributed by atoms with E-state index < -0.39 is 7.05 Å². The summed E-state index contributed by atoms with van der Waals surface area (Å²) in [6, 6.07) is 0. The van der Waals surface area contributed by atoms with Gasteiger partial charge < -0.3 is 0 Å². The molecule has 0 amide bonds. The van der Waals surface area contributed by atoms with Crippen LogP contribution in [0.5, 0.6) is 0 Å². The summed E-state index contributed by atoms with van der Waals surface area (Å²) in [6.07, 6.45) is 15.6. The molecule has 0 aromatic carbocycles. The maximum Gasteiger partial charge on any atom is 0.0425 e. The van der Waals surface area contributed by atoms with Gasteiger partial charge in [0.15, 0.2) is 0 Å². The average Bonchev–Trinajstić information content (AvgIpc) is 3.07. The van der Waals surface area contributed by atoms with Crippen LogP contribution in [0, 0.1) is 16.2 Å². The summed E-state index contributed by atoms with van der Waals surface area (Å²) in [7, 11) is -1.32. The van der Waals surface area contributed by atoms with Crippen LogP contribution >= 0.6 is 7.05 Å². The summed E-state index contributed by atoms with van der Waals surface area (Å²) in [5, 5.41) is 0. The van der Waals surface area contributed by atoms with Crippen molar-refractivity contribution in [1.82, 2.24) is 0 Å². The zero-order valence-electron chi connectivity index (χ0n) is 23.5. The molecule has 32 heavy (non-hydrogen) atoms. The number of rotatable bonds is 8. The molecule has 0 heterocycles. The van der Waals surface area contributed by atoms with Crippen LogP contribution in [0.3, 0.4) is 0 Å². The van der Waals surface area contributed by atoms with Crippen LogP contribution in [0.1, 0.15) is 102 Å². The summed E-state index contributed by atoms with van der Waals surface area (Å²) in [6.45, 7) is 32.6. The largest absolute Gasteiger partial charge is 0.272 e. The van der Waals surface area contributed by atoms with Gasteiger partial charge in [-0.1, -0.05) is 98.8 Å². The second-order valence-electron chi connectivity index (χ2n) is 13.1. The number of hydrogen-bond acceptors (Lipinski definition) is 1. The molecule has 1 aliphatic carbocycles. The Bertz CT molecular complexity index is 639. The molecule has 0 aliphatic heterocycles. The second-order valence-corrected chi connectivity index (χ2v) is 16.9. The van der Waals surface area contributed by atoms with Crippen molar-refractivity contribution in [2.24, 2.45) is 21.0 Å². The second kappa shape index (κ2) is 14.3. The molecular formula is C29H54NPTi. The van der Waals surface area contributed by atoms with E-state index in [2.05, 4.69) is 93.7 Å². The topological polar surface area (TPSA) is 12.4 Å². The van der Waals surface area contributed by atoms with Gasteiger partial charge in [0.25, 0.3) is 0 Å². The molecule has 0 radical (unpaired) electrons. The standard InChI is InChI=1S/C23H44NP.C6H10.Ti/c1-21(2,3)14-17-25(18-15-22(4,5)6,19-16-23(7,8)9)24-20-12-10-11-13-20;1-5(2)6(3)4;/h10-12H,13-19H2,1-9H3;1,3H2,2,4H3;. The first-order valence-electron chi connectivity index (χ1n) is 12.1. The van der Waals surface area contributed by atoms with Crippen LogP contribution < -0.4 is 0 Å². The normalized spacial score (nSPS) is 14.2. The van der Waals surface area contributed by atoms with E-state index >= 15 is 0 Å². The Hall–Kier alpha value is -0.0957. The van der Waals surface area contributed by atoms with E-state index in [1.54, 1.807) is 0 Å². The zero-order chi connectivity index (χ0) is 24.5. The fraction of sp³-hybridized carbons (Fsp3) is 0.724. The van der Waals surface area contributed by atoms with E-state index in [1.165, 1.54) is 43.4 Å². The third kappa shape index (κ3) is 18.3. The Morgan fingerprint density at radius 2 is 1.12 bits per heavy atom. The van der Waals surface area contributed by atoms with Gasteiger partial charge in [0.05, 0.1) is 0 Å². The third-order valence-corrected chi connectivity index (χ3v) is 9.50. The van der Waals surface area contributed by atoms with Crippen LogP contribution in [-0.4, -0.2) is 18.5 Å². The van der Waals surface area contributed by atoms with Crippen molar-refractivity contribution < 1.29 is 21.7 Å². The van der Waals surface area contributed by atoms with Crippen LogP contribution in [0.25, 0.3) is 0 Å². The minimum atomic E-state index is -1.32. The van der Waals surface area contributed by atoms with Gasteiger partial charge in [-0.05, 0) is 81.0 Å². The van der Waals surface area contributed by atoms with Gasteiger partial charge in [-0.2, -0.15) is 0 Å². The van der Waals surface area contributed by atoms with Gasteiger partial charge in [-0.25, -0.2) is 0 Å². The molecular weight excluding hydrogens is 441 g/mol. The Labute approximate surface area is 217 Å². The van der Waals surface area contributed by atoms with Crippen LogP contribution in [0.2, 0.25) is 0 Å². The fourth-order valence-corrected chi connectivity index (χ4v) is 7.82. The molecule has 0 aromatic rings. The van der Waals surface area contributed by atoms with Crippen LogP contribution in [-0.2, 0) is 21.7 Å². The molecule has 1 aliphatic rings. The predicted octanol–water partition coefficient (Wildman–Crippen LogP) is 10.5. The van der Waals surface area contributed by atoms with E-state index in [0.717, 1.165) is 17.6 Å². The molecule has 0 bridgehead atoms. The zero-order valence-corrected chi connectivity index (χ0v) is 25.9. The monoisotopic (exact) mass is 495 g/mol. The van der Waals surface area contributed by atoms with E-state index in [1.807, 2.05) is 13.8 Å². The predicted molar refractivity (Wildman–Crippen MR) is 148 cm³/mol. The smallest absolute Gasteiger partial charge is 0.0425 e. The van der Waals surface area contributed by atoms with E-state index in [-0.39, 0.29) is 21.7 Å². The van der Waals surface area contributed by atoms with Gasteiger partial charge in [0.1, 0.15) is 0 Å². The van der Waals surface area contributed by atoms with Crippen molar-refractivity contribution in [1.29, 1.82) is 0 Å². The molecule has 0 saturated carbocycles. The minimum absolute atomic E-state index is 0. The maximum absolute atomic E-state index is 5.53. The number of nitrogens with zero attached hydrogens (tertiary/aromatic N) is 1. The molecule has 184 valence electrons. The van der Waals surface area contributed by atoms with Crippen molar-refractivity contribution >= 4 is 7.05 Å². The van der Waals surface area contributed by atoms with Gasteiger partial charge in [0, 0.05) is 33.8 Å². The van der Waals surface area contributed by atoms with Crippen molar-refractivity contribution in [3.63, 3.8) is 0 Å². The average molecular weight is 496 g/mol. The summed E-state index contributed by atoms with van der Waals surface area (Å²) < 4.78 is 5.53. The van der Waals surface area contributed by atoms with Crippen LogP contribution in [0.15, 0.2) is 53.0 Å². The van der Waals surface area contributed by atoms with Gasteiger partial charge >= 0.3 is 0 Å². The fourth-order valence-electron chi connectivity index (χ4n) is 2.90. The molecule has 3 heteroatoms. The first-order chi connectivity index (χ1) is 13.8. The van der Waals surface area contributed by atoms with Crippen LogP contribution in [0.4, 0.5) is 0 Å². The molecule has 0 N–H and O–H groups in total. The summed E-state index contributed by atoms with van der Waals surface area (Å²) in [5.74, 6) is 0. The first-order valence-corrected chi connectivity index (χ1v) is 14.4. The number of allylic oxidation sites excluding steroid dienone is 5. The van der Waals surface area contributed by atoms with E-state index in [0.29, 0.717) is 16.2 Å². The van der Waals surface area contributed by atoms with Gasteiger partial charge in [0.2, 0.25) is 0 Å². The van der Waals surface area contributed by atoms with E-state index in [9.17, 15) is 0 Å². The van der Waals surface area contributed by atoms with Gasteiger partial charge in [-0.15, -0.1) is 0 Å². The molecule has 0 saturated heterocycles. The molecule has 0 spiro atoms. The Kier molecular flexibility index (Phi) is 15.3. The van der Waals surface area contributed by atoms with Crippen molar-refractivity contribution in [2.45, 2.75) is 102 Å². The molecule has 0 atom stereocenters. The summed E-state index contributed by atoms with van der Waals surface area (Å²) in [5.41, 5.74) is 4.65. The number of hydrogen-bond donors (Lipinski definition) is 0. The quantitative estimate of drug-likeness (QED) is 0.180. The molecule has 0 fully saturated rings. The van der Waals surface area contributed by atoms with Crippen molar-refractivity contribution in [2.75, 3.05) is 18.5 Å². The molecule has 1 rings (SSSR count). The SMILES string of the molecule is C=C(C)C(=C)C.CC(C)(C)CCP(CCC(C)(C)C)(CCC(C)(C)C)=NC1=CC=CC1.[Ti]. The summed E-state index contributed by atoms with van der Waals surface area (Å²) >= 11 is 0. The molecule has 1 nitrogen and oxygen atoms in total. The molecule has 0 unspecified atom stereocenters. The van der Waals surface area contributed by atoms with Crippen molar-refractivity contribution in [3.8, 4) is 0 Å². The third-order valence-electron chi connectivity index (χ3n) is 5.65. The summed E-state index contributed by atoms with van der Waals surface area (Å²) in [4.78, 5) is 0. The first kappa shape index (κ1) is 34.1. The van der Waals surface area contributed by atoms with Gasteiger partial charge in [-0.3, -0.25) is 4.74 Å². The Morgan fingerprint density at radius 3 is 1.34 bits per heavy atom. The van der Waals surface area contributed by atoms with Crippen molar-refractivity contribution in [3.05, 3.63) is 48.2 Å². The maximum atomic E-state index is 5.53.